The second-order valence-corrected chi connectivity index (χ2v) is 0. The van der Waals surface area contributed by atoms with E-state index in [1.54, 1.807) is 0 Å². The summed E-state index contributed by atoms with van der Waals surface area (Å²) in [6.45, 7) is 0. The molecule has 2 nitrogen and oxygen atoms in total. The summed E-state index contributed by atoms with van der Waals surface area (Å²) < 4.78 is 0. The zero-order valence-electron chi connectivity index (χ0n) is 7.00. The Morgan fingerprint density at radius 2 is 0.250 bits per heavy atom. The molecule has 0 aromatic heterocycles. The first-order valence-electron chi connectivity index (χ1n) is 0. The summed E-state index contributed by atoms with van der Waals surface area (Å²) in [7, 11) is 0. The van der Waals surface area contributed by atoms with Crippen molar-refractivity contribution in [1.29, 1.82) is 0 Å². The first-order valence-corrected chi connectivity index (χ1v) is 0. The number of hydrogen-bond donors (Lipinski definition) is 0. The molecule has 0 aromatic carbocycles. The summed E-state index contributed by atoms with van der Waals surface area (Å²) in [5.74, 6) is 0. The van der Waals surface area contributed by atoms with Gasteiger partial charge in [0, 0.05) is 177 Å². The average Bonchev–Trinajstić information content (AvgIpc) is 0. The Bertz CT molecular complexity index is 6.49. The van der Waals surface area contributed by atoms with Crippen LogP contribution in [0.4, 0.5) is 0 Å². The standard InChI is InChI=1S/6Na.2H2O/h;;;;;;2*1H2. The van der Waals surface area contributed by atoms with Crippen molar-refractivity contribution in [3.8, 4) is 0 Å². The summed E-state index contributed by atoms with van der Waals surface area (Å²) in [6.07, 6.45) is 0. The van der Waals surface area contributed by atoms with Crippen molar-refractivity contribution in [1.82, 2.24) is 0 Å². The maximum absolute atomic E-state index is 0. The molecule has 6 radical (unpaired) electrons. The third-order valence-electron chi connectivity index (χ3n) is 0. The summed E-state index contributed by atoms with van der Waals surface area (Å²) in [6, 6.07) is 0. The van der Waals surface area contributed by atoms with E-state index in [0.717, 1.165) is 0 Å². The van der Waals surface area contributed by atoms with Crippen LogP contribution in [0.15, 0.2) is 0 Å². The van der Waals surface area contributed by atoms with E-state index in [9.17, 15) is 0 Å². The molecule has 0 amide bonds. The van der Waals surface area contributed by atoms with Crippen LogP contribution in [-0.2, 0) is 0 Å². The molecule has 4 N–H and O–H groups in total. The van der Waals surface area contributed by atoms with Crippen LogP contribution in [0.5, 0.6) is 0 Å². The molecule has 0 aliphatic rings. The van der Waals surface area contributed by atoms with Gasteiger partial charge in [0.15, 0.2) is 0 Å². The minimum Gasteiger partial charge on any atom is -0.412 e. The van der Waals surface area contributed by atoms with Gasteiger partial charge in [-0.1, -0.05) is 0 Å². The van der Waals surface area contributed by atoms with E-state index in [-0.39, 0.29) is 188 Å². The largest absolute Gasteiger partial charge is 0.412 e. The van der Waals surface area contributed by atoms with E-state index in [1.165, 1.54) is 0 Å². The van der Waals surface area contributed by atoms with E-state index in [4.69, 9.17) is 0 Å². The van der Waals surface area contributed by atoms with E-state index in [0.29, 0.717) is 0 Å². The van der Waals surface area contributed by atoms with Crippen molar-refractivity contribution in [3.63, 3.8) is 0 Å². The summed E-state index contributed by atoms with van der Waals surface area (Å²) >= 11 is 0. The second-order valence-electron chi connectivity index (χ2n) is 0. The first-order chi connectivity index (χ1) is 0. The molecule has 0 atom stereocenters. The van der Waals surface area contributed by atoms with Crippen molar-refractivity contribution in [2.45, 2.75) is 0 Å². The van der Waals surface area contributed by atoms with Gasteiger partial charge in [-0.25, -0.2) is 0 Å². The zero-order valence-corrected chi connectivity index (χ0v) is 19.0. The predicted octanol–water partition coefficient (Wildman–Crippen LogP) is -3.93. The first kappa shape index (κ1) is 66.3. The van der Waals surface area contributed by atoms with Gasteiger partial charge in [-0.15, -0.1) is 0 Å². The predicted molar refractivity (Wildman–Crippen MR) is 41.8 cm³/mol. The Morgan fingerprint density at radius 3 is 0.250 bits per heavy atom. The molecule has 0 unspecified atom stereocenters. The van der Waals surface area contributed by atoms with Crippen LogP contribution in [0.1, 0.15) is 0 Å². The number of hydrogen-bond acceptors (Lipinski definition) is 0. The van der Waals surface area contributed by atoms with Gasteiger partial charge in [-0.3, -0.25) is 0 Å². The van der Waals surface area contributed by atoms with Gasteiger partial charge >= 0.3 is 0 Å². The molecule has 0 heterocycles. The Morgan fingerprint density at radius 1 is 0.250 bits per heavy atom. The van der Waals surface area contributed by atoms with Crippen LogP contribution >= 0.6 is 0 Å². The van der Waals surface area contributed by atoms with Gasteiger partial charge in [-0.2, -0.15) is 0 Å². The molecular weight excluding hydrogens is 170 g/mol. The van der Waals surface area contributed by atoms with Gasteiger partial charge in [-0.05, 0) is 0 Å². The molecule has 0 rings (SSSR count). The minimum atomic E-state index is 0. The Labute approximate surface area is 183 Å². The summed E-state index contributed by atoms with van der Waals surface area (Å²) in [4.78, 5) is 0. The smallest absolute Gasteiger partial charge is 0 e. The Balaban J connectivity index is 0. The van der Waals surface area contributed by atoms with Crippen molar-refractivity contribution in [2.24, 2.45) is 0 Å². The normalized spacial score (nSPS) is 0. The molecule has 0 saturated carbocycles. The van der Waals surface area contributed by atoms with E-state index >= 15 is 0 Å². The molecular formula is H4Na6O2. The van der Waals surface area contributed by atoms with E-state index in [1.807, 2.05) is 0 Å². The van der Waals surface area contributed by atoms with Gasteiger partial charge in [0.1, 0.15) is 0 Å². The van der Waals surface area contributed by atoms with Crippen LogP contribution in [0.25, 0.3) is 0 Å². The number of rotatable bonds is 0. The summed E-state index contributed by atoms with van der Waals surface area (Å²) in [5.41, 5.74) is 0. The third-order valence-corrected chi connectivity index (χ3v) is 0. The second kappa shape index (κ2) is 52.4. The molecule has 0 aromatic rings. The zero-order chi connectivity index (χ0) is 0. The van der Waals surface area contributed by atoms with Gasteiger partial charge < -0.3 is 11.0 Å². The molecule has 0 saturated heterocycles. The fourth-order valence-corrected chi connectivity index (χ4v) is 0. The SMILES string of the molecule is O.O.[Na].[Na].[Na].[Na].[Na].[Na]. The minimum absolute atomic E-state index is 0. The Hall–Kier alpha value is 5.92. The van der Waals surface area contributed by atoms with Crippen molar-refractivity contribution in [2.75, 3.05) is 0 Å². The van der Waals surface area contributed by atoms with E-state index < -0.39 is 0 Å². The van der Waals surface area contributed by atoms with Crippen LogP contribution in [0.3, 0.4) is 0 Å². The van der Waals surface area contributed by atoms with E-state index in [2.05, 4.69) is 0 Å². The molecule has 8 heavy (non-hydrogen) atoms. The topological polar surface area (TPSA) is 63.0 Å². The van der Waals surface area contributed by atoms with Crippen molar-refractivity contribution < 1.29 is 11.0 Å². The van der Waals surface area contributed by atoms with Crippen LogP contribution in [0, 0.1) is 0 Å². The molecule has 0 aliphatic carbocycles. The monoisotopic (exact) mass is 174 g/mol. The quantitative estimate of drug-likeness (QED) is 0.336. The maximum atomic E-state index is 0. The third kappa shape index (κ3) is 40.6. The molecule has 0 bridgehead atoms. The fraction of sp³-hybridized carbons (Fsp3) is 0. The Kier molecular flexibility index (Phi) is 434. The van der Waals surface area contributed by atoms with Gasteiger partial charge in [0.25, 0.3) is 0 Å². The molecule has 0 spiro atoms. The van der Waals surface area contributed by atoms with Crippen molar-refractivity contribution >= 4 is 177 Å². The van der Waals surface area contributed by atoms with Gasteiger partial charge in [0.05, 0.1) is 0 Å². The maximum Gasteiger partial charge on any atom is 0 e. The summed E-state index contributed by atoms with van der Waals surface area (Å²) in [5, 5.41) is 0. The molecule has 0 fully saturated rings. The molecule has 8 heteroatoms. The average molecular weight is 174 g/mol. The van der Waals surface area contributed by atoms with Gasteiger partial charge in [0.2, 0.25) is 0 Å². The molecule has 22 valence electrons. The fourth-order valence-electron chi connectivity index (χ4n) is 0. The van der Waals surface area contributed by atoms with Crippen LogP contribution in [-0.4, -0.2) is 188 Å². The molecule has 0 aliphatic heterocycles. The van der Waals surface area contributed by atoms with Crippen LogP contribution in [0.2, 0.25) is 0 Å². The van der Waals surface area contributed by atoms with Crippen LogP contribution < -0.4 is 0 Å². The van der Waals surface area contributed by atoms with Crippen molar-refractivity contribution in [3.05, 3.63) is 0 Å².